The van der Waals surface area contributed by atoms with E-state index in [1.165, 1.54) is 10.6 Å². The zero-order chi connectivity index (χ0) is 31.6. The second-order valence-corrected chi connectivity index (χ2v) is 15.0. The van der Waals surface area contributed by atoms with E-state index in [-0.39, 0.29) is 25.0 Å². The number of hydrogen-bond acceptors (Lipinski definition) is 6. The van der Waals surface area contributed by atoms with Crippen molar-refractivity contribution in [2.45, 2.75) is 44.4 Å². The zero-order valence-electron chi connectivity index (χ0n) is 25.1. The molecule has 0 bridgehead atoms. The van der Waals surface area contributed by atoms with Crippen molar-refractivity contribution in [3.05, 3.63) is 117 Å². The summed E-state index contributed by atoms with van der Waals surface area (Å²) >= 11 is 10.0. The van der Waals surface area contributed by atoms with Crippen LogP contribution in [0.3, 0.4) is 0 Å². The van der Waals surface area contributed by atoms with Crippen molar-refractivity contribution < 1.29 is 13.2 Å². The van der Waals surface area contributed by atoms with Crippen LogP contribution in [-0.2, 0) is 40.7 Å². The lowest BCUT2D eigenvalue weighted by Crippen LogP contribution is -2.61. The Morgan fingerprint density at radius 3 is 2.64 bits per heavy atom. The smallest absolute Gasteiger partial charge is 0.242 e. The summed E-state index contributed by atoms with van der Waals surface area (Å²) in [5.74, 6) is -0.200. The van der Waals surface area contributed by atoms with Crippen LogP contribution in [0.5, 0.6) is 0 Å². The van der Waals surface area contributed by atoms with E-state index in [2.05, 4.69) is 37.9 Å². The molecular weight excluding hydrogens is 676 g/mol. The first-order chi connectivity index (χ1) is 21.7. The molecule has 1 fully saturated rings. The van der Waals surface area contributed by atoms with Crippen LogP contribution in [0.2, 0.25) is 5.02 Å². The minimum Gasteiger partial charge on any atom is -0.337 e. The van der Waals surface area contributed by atoms with E-state index in [1.54, 1.807) is 12.5 Å². The Hall–Kier alpha value is -3.09. The topological polar surface area (TPSA) is 91.6 Å². The lowest BCUT2D eigenvalue weighted by molar-refractivity contribution is -0.138. The van der Waals surface area contributed by atoms with Gasteiger partial charge in [-0.3, -0.25) is 14.7 Å². The molecule has 2 atom stereocenters. The van der Waals surface area contributed by atoms with Gasteiger partial charge in [0.05, 0.1) is 24.3 Å². The molecule has 12 heteroatoms. The number of pyridine rings is 1. The van der Waals surface area contributed by atoms with Gasteiger partial charge in [0, 0.05) is 67.4 Å². The standard InChI is InChI=1S/C33H36BrClN6O3S/c1-45(43,44)41-17-16-39(32-29-11-10-28(35)19-25(29)8-9-26-18-27(34)20-37-31(26)32)22-30(41)33(42)40(21-24-6-3-2-4-7-24)14-5-13-38-15-12-36-23-38/h2-4,6-7,10-12,15,18-20,23,30,32H,5,8-9,13-14,16-17,21-22H2,1H3/t30-,32+/m1/s1. The van der Waals surface area contributed by atoms with Crippen molar-refractivity contribution in [1.82, 2.24) is 28.6 Å². The molecule has 0 saturated carbocycles. The number of nitrogens with zero attached hydrogens (tertiary/aromatic N) is 6. The average molecular weight is 712 g/mol. The van der Waals surface area contributed by atoms with E-state index in [0.717, 1.165) is 45.3 Å². The number of fused-ring (bicyclic) bond motifs is 2. The van der Waals surface area contributed by atoms with Crippen molar-refractivity contribution in [3.63, 3.8) is 0 Å². The molecule has 236 valence electrons. The Bertz CT molecular complexity index is 1700. The molecular formula is C33H36BrClN6O3S. The maximum Gasteiger partial charge on any atom is 0.242 e. The summed E-state index contributed by atoms with van der Waals surface area (Å²) in [4.78, 5) is 27.6. The molecule has 2 aromatic heterocycles. The van der Waals surface area contributed by atoms with Gasteiger partial charge in [-0.2, -0.15) is 4.31 Å². The Morgan fingerprint density at radius 1 is 1.09 bits per heavy atom. The highest BCUT2D eigenvalue weighted by Crippen LogP contribution is 2.39. The number of hydrogen-bond donors (Lipinski definition) is 0. The molecule has 6 rings (SSSR count). The highest BCUT2D eigenvalue weighted by molar-refractivity contribution is 9.10. The first-order valence-electron chi connectivity index (χ1n) is 15.1. The second-order valence-electron chi connectivity index (χ2n) is 11.7. The quantitative estimate of drug-likeness (QED) is 0.244. The number of carbonyl (C=O) groups excluding carboxylic acids is 1. The molecule has 0 N–H and O–H groups in total. The van der Waals surface area contributed by atoms with Gasteiger partial charge >= 0.3 is 0 Å². The van der Waals surface area contributed by atoms with Gasteiger partial charge in [-0.15, -0.1) is 0 Å². The molecule has 2 aromatic carbocycles. The minimum atomic E-state index is -3.67. The van der Waals surface area contributed by atoms with Crippen molar-refractivity contribution in [2.24, 2.45) is 0 Å². The maximum atomic E-state index is 14.6. The zero-order valence-corrected chi connectivity index (χ0v) is 28.3. The maximum absolute atomic E-state index is 14.6. The van der Waals surface area contributed by atoms with E-state index in [4.69, 9.17) is 16.6 Å². The van der Waals surface area contributed by atoms with Crippen LogP contribution in [-0.4, -0.2) is 81.4 Å². The lowest BCUT2D eigenvalue weighted by atomic mass is 9.95. The molecule has 1 aliphatic carbocycles. The largest absolute Gasteiger partial charge is 0.337 e. The molecule has 1 aliphatic heterocycles. The molecule has 1 amide bonds. The Balaban J connectivity index is 1.35. The van der Waals surface area contributed by atoms with Gasteiger partial charge in [-0.25, -0.2) is 13.4 Å². The summed E-state index contributed by atoms with van der Waals surface area (Å²) in [6.45, 7) is 2.46. The number of aromatic nitrogens is 3. The van der Waals surface area contributed by atoms with Crippen LogP contribution in [0.15, 0.2) is 84.0 Å². The number of piperazine rings is 1. The normalized spacial score (nSPS) is 19.0. The Morgan fingerprint density at radius 2 is 1.89 bits per heavy atom. The van der Waals surface area contributed by atoms with Crippen LogP contribution < -0.4 is 0 Å². The van der Waals surface area contributed by atoms with Crippen LogP contribution in [0.4, 0.5) is 0 Å². The van der Waals surface area contributed by atoms with E-state index in [9.17, 15) is 13.2 Å². The summed E-state index contributed by atoms with van der Waals surface area (Å²) in [7, 11) is -3.67. The number of sulfonamides is 1. The van der Waals surface area contributed by atoms with Gasteiger partial charge < -0.3 is 9.47 Å². The molecule has 9 nitrogen and oxygen atoms in total. The van der Waals surface area contributed by atoms with Crippen LogP contribution in [0.25, 0.3) is 0 Å². The van der Waals surface area contributed by atoms with Crippen molar-refractivity contribution in [2.75, 3.05) is 32.4 Å². The highest BCUT2D eigenvalue weighted by Gasteiger charge is 2.43. The number of amides is 1. The van der Waals surface area contributed by atoms with Gasteiger partial charge in [-0.1, -0.05) is 48.0 Å². The van der Waals surface area contributed by atoms with Gasteiger partial charge in [0.1, 0.15) is 6.04 Å². The monoisotopic (exact) mass is 710 g/mol. The van der Waals surface area contributed by atoms with E-state index >= 15 is 0 Å². The van der Waals surface area contributed by atoms with Crippen molar-refractivity contribution in [3.8, 4) is 0 Å². The number of benzene rings is 2. The number of halogens is 2. The highest BCUT2D eigenvalue weighted by atomic mass is 79.9. The summed E-state index contributed by atoms with van der Waals surface area (Å²) in [5.41, 5.74) is 5.28. The molecule has 4 aromatic rings. The van der Waals surface area contributed by atoms with Crippen molar-refractivity contribution in [1.29, 1.82) is 0 Å². The average Bonchev–Trinajstić information content (AvgIpc) is 3.49. The molecule has 3 heterocycles. The fraction of sp³-hybridized carbons (Fsp3) is 0.364. The summed E-state index contributed by atoms with van der Waals surface area (Å²) in [5, 5.41) is 0.676. The Labute approximate surface area is 278 Å². The number of imidazole rings is 1. The molecule has 45 heavy (non-hydrogen) atoms. The third kappa shape index (κ3) is 7.33. The minimum absolute atomic E-state index is 0.200. The summed E-state index contributed by atoms with van der Waals surface area (Å²) in [6.07, 6.45) is 10.7. The summed E-state index contributed by atoms with van der Waals surface area (Å²) < 4.78 is 30.6. The van der Waals surface area contributed by atoms with E-state index in [1.807, 2.05) is 64.3 Å². The predicted molar refractivity (Wildman–Crippen MR) is 178 cm³/mol. The van der Waals surface area contributed by atoms with E-state index in [0.29, 0.717) is 37.6 Å². The summed E-state index contributed by atoms with van der Waals surface area (Å²) in [6, 6.07) is 16.8. The number of carbonyl (C=O) groups is 1. The van der Waals surface area contributed by atoms with Gasteiger partial charge in [0.15, 0.2) is 0 Å². The molecule has 0 radical (unpaired) electrons. The first kappa shape index (κ1) is 31.9. The number of rotatable bonds is 9. The van der Waals surface area contributed by atoms with Crippen molar-refractivity contribution >= 4 is 43.5 Å². The van der Waals surface area contributed by atoms with Crippen LogP contribution in [0.1, 0.15) is 40.4 Å². The second kappa shape index (κ2) is 13.7. The van der Waals surface area contributed by atoms with Gasteiger partial charge in [0.2, 0.25) is 15.9 Å². The van der Waals surface area contributed by atoms with Crippen LogP contribution >= 0.6 is 27.5 Å². The van der Waals surface area contributed by atoms with Gasteiger partial charge in [-0.05, 0) is 75.6 Å². The molecule has 0 spiro atoms. The van der Waals surface area contributed by atoms with Crippen LogP contribution in [0, 0.1) is 0 Å². The first-order valence-corrected chi connectivity index (χ1v) is 18.1. The fourth-order valence-corrected chi connectivity index (χ4v) is 8.15. The Kier molecular flexibility index (Phi) is 9.72. The molecule has 2 aliphatic rings. The third-order valence-corrected chi connectivity index (χ3v) is 10.6. The molecule has 1 saturated heterocycles. The fourth-order valence-electron chi connectivity index (χ4n) is 6.55. The number of aryl methyl sites for hydroxylation is 3. The predicted octanol–water partition coefficient (Wildman–Crippen LogP) is 4.95. The third-order valence-electron chi connectivity index (χ3n) is 8.66. The van der Waals surface area contributed by atoms with Gasteiger partial charge in [0.25, 0.3) is 0 Å². The van der Waals surface area contributed by atoms with E-state index < -0.39 is 16.1 Å². The molecule has 0 unspecified atom stereocenters. The lowest BCUT2D eigenvalue weighted by Gasteiger charge is -2.44. The SMILES string of the molecule is CS(=O)(=O)N1CCN([C@H]2c3ccc(Cl)cc3CCc3cc(Br)cnc32)C[C@@H]1C(=O)N(CCCn1ccnc1)Cc1ccccc1.